The molecule has 0 N–H and O–H groups in total. The average molecular weight is 285 g/mol. The van der Waals surface area contributed by atoms with E-state index in [9.17, 15) is 22.8 Å². The number of amides is 1. The number of piperidine rings is 1. The molecule has 1 amide bonds. The van der Waals surface area contributed by atoms with Gasteiger partial charge in [-0.3, -0.25) is 9.59 Å². The zero-order valence-corrected chi connectivity index (χ0v) is 11.0. The number of halogens is 3. The first kappa shape index (κ1) is 14.6. The number of rotatable bonds is 3. The topological polar surface area (TPSA) is 37.4 Å². The highest BCUT2D eigenvalue weighted by molar-refractivity contribution is 6.08. The Balaban J connectivity index is 2.35. The maximum Gasteiger partial charge on any atom is 0.237 e. The second-order valence-electron chi connectivity index (χ2n) is 4.70. The van der Waals surface area contributed by atoms with Crippen molar-refractivity contribution in [2.24, 2.45) is 5.92 Å². The lowest BCUT2D eigenvalue weighted by molar-refractivity contribution is -0.133. The van der Waals surface area contributed by atoms with Crippen molar-refractivity contribution < 1.29 is 22.8 Å². The van der Waals surface area contributed by atoms with Gasteiger partial charge in [-0.25, -0.2) is 13.2 Å². The number of carbonyl (C=O) groups is 2. The molecule has 1 heterocycles. The lowest BCUT2D eigenvalue weighted by Gasteiger charge is -2.31. The highest BCUT2D eigenvalue weighted by Crippen LogP contribution is 2.29. The van der Waals surface area contributed by atoms with E-state index in [1.54, 1.807) is 6.92 Å². The van der Waals surface area contributed by atoms with Gasteiger partial charge in [0.1, 0.15) is 5.78 Å². The second-order valence-corrected chi connectivity index (χ2v) is 4.70. The number of carbonyl (C=O) groups excluding carboxylic acids is 2. The van der Waals surface area contributed by atoms with Crippen LogP contribution in [-0.2, 0) is 9.59 Å². The molecule has 108 valence electrons. The molecule has 1 aliphatic heterocycles. The number of hydrogen-bond donors (Lipinski definition) is 0. The second kappa shape index (κ2) is 5.64. The number of ketones is 1. The van der Waals surface area contributed by atoms with E-state index < -0.39 is 29.3 Å². The van der Waals surface area contributed by atoms with Gasteiger partial charge in [-0.1, -0.05) is 6.92 Å². The van der Waals surface area contributed by atoms with Crippen molar-refractivity contribution in [3.8, 4) is 0 Å². The molecule has 0 saturated carbocycles. The SMILES string of the molecule is CCC(=O)[C@H]1CCCN(c2ccc(F)c(F)c2F)C1=O. The van der Waals surface area contributed by atoms with E-state index in [2.05, 4.69) is 0 Å². The molecule has 0 spiro atoms. The molecule has 0 unspecified atom stereocenters. The Labute approximate surface area is 114 Å². The van der Waals surface area contributed by atoms with E-state index in [0.29, 0.717) is 12.8 Å². The van der Waals surface area contributed by atoms with Crippen molar-refractivity contribution in [2.45, 2.75) is 26.2 Å². The maximum atomic E-state index is 13.7. The summed E-state index contributed by atoms with van der Waals surface area (Å²) in [5.41, 5.74) is -0.317. The zero-order valence-electron chi connectivity index (χ0n) is 11.0. The molecule has 1 atom stereocenters. The number of Topliss-reactive ketones (excluding diaryl/α,β-unsaturated/α-hetero) is 1. The average Bonchev–Trinajstić information content (AvgIpc) is 2.45. The molecule has 3 nitrogen and oxygen atoms in total. The fraction of sp³-hybridized carbons (Fsp3) is 0.429. The van der Waals surface area contributed by atoms with Gasteiger partial charge in [-0.2, -0.15) is 0 Å². The van der Waals surface area contributed by atoms with Gasteiger partial charge in [0, 0.05) is 13.0 Å². The van der Waals surface area contributed by atoms with Crippen LogP contribution in [0.25, 0.3) is 0 Å². The minimum Gasteiger partial charge on any atom is -0.309 e. The van der Waals surface area contributed by atoms with Crippen LogP contribution in [0, 0.1) is 23.4 Å². The monoisotopic (exact) mass is 285 g/mol. The third-order valence-electron chi connectivity index (χ3n) is 3.48. The fourth-order valence-corrected chi connectivity index (χ4v) is 2.38. The van der Waals surface area contributed by atoms with Gasteiger partial charge in [-0.15, -0.1) is 0 Å². The Morgan fingerprint density at radius 2 is 2.00 bits per heavy atom. The molecule has 1 saturated heterocycles. The highest BCUT2D eigenvalue weighted by atomic mass is 19.2. The molecular formula is C14H14F3NO2. The van der Waals surface area contributed by atoms with Crippen molar-refractivity contribution in [1.29, 1.82) is 0 Å². The summed E-state index contributed by atoms with van der Waals surface area (Å²) in [4.78, 5) is 24.9. The van der Waals surface area contributed by atoms with Gasteiger partial charge in [0.15, 0.2) is 17.5 Å². The summed E-state index contributed by atoms with van der Waals surface area (Å²) < 4.78 is 39.9. The van der Waals surface area contributed by atoms with Gasteiger partial charge in [-0.05, 0) is 25.0 Å². The van der Waals surface area contributed by atoms with Crippen molar-refractivity contribution in [3.63, 3.8) is 0 Å². The van der Waals surface area contributed by atoms with E-state index >= 15 is 0 Å². The van der Waals surface area contributed by atoms with Crippen LogP contribution in [-0.4, -0.2) is 18.2 Å². The van der Waals surface area contributed by atoms with E-state index in [1.807, 2.05) is 0 Å². The molecular weight excluding hydrogens is 271 g/mol. The molecule has 1 fully saturated rings. The molecule has 2 rings (SSSR count). The maximum absolute atomic E-state index is 13.7. The van der Waals surface area contributed by atoms with E-state index in [1.165, 1.54) is 0 Å². The number of hydrogen-bond acceptors (Lipinski definition) is 2. The third-order valence-corrected chi connectivity index (χ3v) is 3.48. The summed E-state index contributed by atoms with van der Waals surface area (Å²) in [6, 6.07) is 1.79. The van der Waals surface area contributed by atoms with Crippen LogP contribution in [0.5, 0.6) is 0 Å². The predicted molar refractivity (Wildman–Crippen MR) is 66.7 cm³/mol. The lowest BCUT2D eigenvalue weighted by Crippen LogP contribution is -2.44. The van der Waals surface area contributed by atoms with E-state index in [4.69, 9.17) is 0 Å². The normalized spacial score (nSPS) is 19.3. The number of anilines is 1. The van der Waals surface area contributed by atoms with Gasteiger partial charge in [0.05, 0.1) is 11.6 Å². The van der Waals surface area contributed by atoms with Crippen LogP contribution < -0.4 is 4.90 Å². The summed E-state index contributed by atoms with van der Waals surface area (Å²) in [6.07, 6.45) is 1.14. The summed E-state index contributed by atoms with van der Waals surface area (Å²) in [5.74, 6) is -5.91. The Hall–Kier alpha value is -1.85. The largest absolute Gasteiger partial charge is 0.309 e. The van der Waals surface area contributed by atoms with E-state index in [-0.39, 0.29) is 24.4 Å². The highest BCUT2D eigenvalue weighted by Gasteiger charge is 2.35. The van der Waals surface area contributed by atoms with Crippen LogP contribution in [0.1, 0.15) is 26.2 Å². The first-order valence-electron chi connectivity index (χ1n) is 6.45. The standard InChI is InChI=1S/C14H14F3NO2/c1-2-11(19)8-4-3-7-18(14(8)20)10-6-5-9(15)12(16)13(10)17/h5-6,8H,2-4,7H2,1H3/t8-/m1/s1. The molecule has 0 aromatic heterocycles. The molecule has 20 heavy (non-hydrogen) atoms. The summed E-state index contributed by atoms with van der Waals surface area (Å²) in [5, 5.41) is 0. The van der Waals surface area contributed by atoms with Crippen LogP contribution in [0.2, 0.25) is 0 Å². The van der Waals surface area contributed by atoms with Crippen LogP contribution in [0.3, 0.4) is 0 Å². The molecule has 1 aromatic carbocycles. The summed E-state index contributed by atoms with van der Waals surface area (Å²) in [6.45, 7) is 1.83. The van der Waals surface area contributed by atoms with Crippen LogP contribution >= 0.6 is 0 Å². The number of benzene rings is 1. The minimum atomic E-state index is -1.61. The van der Waals surface area contributed by atoms with Gasteiger partial charge in [0.25, 0.3) is 0 Å². The minimum absolute atomic E-state index is 0.189. The Bertz CT molecular complexity index is 560. The molecule has 1 aliphatic rings. The zero-order chi connectivity index (χ0) is 14.9. The van der Waals surface area contributed by atoms with Gasteiger partial charge in [0.2, 0.25) is 5.91 Å². The quantitative estimate of drug-likeness (QED) is 0.632. The molecule has 0 aliphatic carbocycles. The summed E-state index contributed by atoms with van der Waals surface area (Å²) in [7, 11) is 0. The Kier molecular flexibility index (Phi) is 4.11. The van der Waals surface area contributed by atoms with Crippen molar-refractivity contribution in [2.75, 3.05) is 11.4 Å². The molecule has 1 aromatic rings. The third kappa shape index (κ3) is 2.42. The van der Waals surface area contributed by atoms with Crippen LogP contribution in [0.15, 0.2) is 12.1 Å². The van der Waals surface area contributed by atoms with Crippen molar-refractivity contribution in [3.05, 3.63) is 29.6 Å². The molecule has 0 radical (unpaired) electrons. The van der Waals surface area contributed by atoms with E-state index in [0.717, 1.165) is 17.0 Å². The van der Waals surface area contributed by atoms with Gasteiger partial charge < -0.3 is 4.90 Å². The van der Waals surface area contributed by atoms with Crippen molar-refractivity contribution in [1.82, 2.24) is 0 Å². The molecule has 0 bridgehead atoms. The van der Waals surface area contributed by atoms with Gasteiger partial charge >= 0.3 is 0 Å². The van der Waals surface area contributed by atoms with Crippen LogP contribution in [0.4, 0.5) is 18.9 Å². The first-order chi connectivity index (χ1) is 9.47. The number of nitrogens with zero attached hydrogens (tertiary/aromatic N) is 1. The molecule has 6 heteroatoms. The summed E-state index contributed by atoms with van der Waals surface area (Å²) >= 11 is 0. The smallest absolute Gasteiger partial charge is 0.237 e. The Morgan fingerprint density at radius 1 is 1.30 bits per heavy atom. The lowest BCUT2D eigenvalue weighted by atomic mass is 9.91. The fourth-order valence-electron chi connectivity index (χ4n) is 2.38. The predicted octanol–water partition coefficient (Wildman–Crippen LogP) is 2.83. The first-order valence-corrected chi connectivity index (χ1v) is 6.45. The Morgan fingerprint density at radius 3 is 2.65 bits per heavy atom. The van der Waals surface area contributed by atoms with Crippen molar-refractivity contribution >= 4 is 17.4 Å².